The molecule has 2 aliphatic heterocycles. The Morgan fingerprint density at radius 1 is 1.21 bits per heavy atom. The Bertz CT molecular complexity index is 938. The third-order valence-corrected chi connectivity index (χ3v) is 5.68. The van der Waals surface area contributed by atoms with Gasteiger partial charge in [0.15, 0.2) is 5.75 Å². The Kier molecular flexibility index (Phi) is 4.95. The second kappa shape index (κ2) is 7.15. The Hall–Kier alpha value is -1.93. The maximum absolute atomic E-state index is 12.9. The van der Waals surface area contributed by atoms with Crippen molar-refractivity contribution < 1.29 is 22.7 Å². The first kappa shape index (κ1) is 19.4. The highest BCUT2D eigenvalue weighted by molar-refractivity contribution is 9.10. The summed E-state index contributed by atoms with van der Waals surface area (Å²) >= 11 is 9.57. The number of nitrogens with zero attached hydrogens (tertiary/aromatic N) is 1. The number of hydrogen-bond donors (Lipinski definition) is 1. The van der Waals surface area contributed by atoms with Crippen LogP contribution in [0.2, 0.25) is 5.02 Å². The van der Waals surface area contributed by atoms with Crippen molar-refractivity contribution in [1.82, 2.24) is 5.32 Å². The highest BCUT2D eigenvalue weighted by Crippen LogP contribution is 2.48. The molecule has 0 saturated carbocycles. The molecule has 148 valence electrons. The number of hydrogen-bond acceptors (Lipinski definition) is 3. The Morgan fingerprint density at radius 3 is 2.75 bits per heavy atom. The first-order chi connectivity index (χ1) is 13.2. The summed E-state index contributed by atoms with van der Waals surface area (Å²) in [6.45, 7) is 0.606. The van der Waals surface area contributed by atoms with Gasteiger partial charge in [0.05, 0.1) is 17.8 Å². The molecule has 9 heteroatoms. The summed E-state index contributed by atoms with van der Waals surface area (Å²) < 4.78 is 45.5. The number of amides is 1. The summed E-state index contributed by atoms with van der Waals surface area (Å²) in [6.07, 6.45) is -3.89. The van der Waals surface area contributed by atoms with E-state index in [1.807, 2.05) is 11.0 Å². The fourth-order valence-corrected chi connectivity index (χ4v) is 4.32. The van der Waals surface area contributed by atoms with Crippen molar-refractivity contribution in [2.75, 3.05) is 11.4 Å². The molecule has 4 nitrogen and oxygen atoms in total. The molecular weight excluding hydrogens is 461 g/mol. The summed E-state index contributed by atoms with van der Waals surface area (Å²) in [7, 11) is 0. The molecule has 0 radical (unpaired) electrons. The van der Waals surface area contributed by atoms with Gasteiger partial charge < -0.3 is 15.0 Å². The minimum Gasteiger partial charge on any atom is -0.455 e. The van der Waals surface area contributed by atoms with Gasteiger partial charge in [0.2, 0.25) is 0 Å². The first-order valence-corrected chi connectivity index (χ1v) is 9.82. The number of carbonyl (C=O) groups is 1. The van der Waals surface area contributed by atoms with Crippen LogP contribution in [0.3, 0.4) is 0 Å². The smallest absolute Gasteiger partial charge is 0.455 e. The summed E-state index contributed by atoms with van der Waals surface area (Å²) in [5.41, 5.74) is 1.40. The maximum atomic E-state index is 12.9. The average molecular weight is 476 g/mol. The monoisotopic (exact) mass is 474 g/mol. The van der Waals surface area contributed by atoms with Gasteiger partial charge in [-0.15, -0.1) is 0 Å². The second-order valence-corrected chi connectivity index (χ2v) is 8.11. The van der Waals surface area contributed by atoms with Crippen molar-refractivity contribution in [1.29, 1.82) is 0 Å². The molecule has 0 aliphatic carbocycles. The molecule has 2 atom stereocenters. The second-order valence-electron chi connectivity index (χ2n) is 6.75. The van der Waals surface area contributed by atoms with E-state index in [4.69, 9.17) is 16.3 Å². The Morgan fingerprint density at radius 2 is 2.00 bits per heavy atom. The van der Waals surface area contributed by atoms with E-state index in [1.54, 1.807) is 30.3 Å². The highest BCUT2D eigenvalue weighted by Gasteiger charge is 2.44. The number of carbonyl (C=O) groups excluding carboxylic acids is 1. The summed E-state index contributed by atoms with van der Waals surface area (Å²) in [6, 6.07) is 9.32. The molecule has 2 aromatic carbocycles. The van der Waals surface area contributed by atoms with Crippen molar-refractivity contribution in [2.24, 2.45) is 0 Å². The zero-order valence-electron chi connectivity index (χ0n) is 14.4. The van der Waals surface area contributed by atoms with E-state index in [2.05, 4.69) is 21.2 Å². The van der Waals surface area contributed by atoms with Crippen LogP contribution in [0.15, 0.2) is 40.9 Å². The topological polar surface area (TPSA) is 41.6 Å². The number of benzene rings is 2. The minimum absolute atomic E-state index is 0.425. The number of anilines is 1. The molecule has 2 aliphatic rings. The van der Waals surface area contributed by atoms with E-state index >= 15 is 0 Å². The maximum Gasteiger partial charge on any atom is 0.471 e. The lowest BCUT2D eigenvalue weighted by atomic mass is 9.89. The molecule has 28 heavy (non-hydrogen) atoms. The van der Waals surface area contributed by atoms with Crippen LogP contribution < -0.4 is 15.0 Å². The van der Waals surface area contributed by atoms with Crippen LogP contribution in [0, 0.1) is 0 Å². The normalized spacial score (nSPS) is 21.0. The number of piperidine rings is 1. The van der Waals surface area contributed by atoms with Gasteiger partial charge in [0.25, 0.3) is 0 Å². The molecule has 0 bridgehead atoms. The number of nitrogens with one attached hydrogen (secondary N) is 1. The summed E-state index contributed by atoms with van der Waals surface area (Å²) in [5, 5.41) is 2.68. The lowest BCUT2D eigenvalue weighted by Gasteiger charge is -2.42. The molecule has 1 N–H and O–H groups in total. The third-order valence-electron chi connectivity index (χ3n) is 4.95. The average Bonchev–Trinajstić information content (AvgIpc) is 2.75. The molecule has 2 aromatic rings. The van der Waals surface area contributed by atoms with Crippen LogP contribution in [0.4, 0.5) is 18.9 Å². The lowest BCUT2D eigenvalue weighted by Crippen LogP contribution is -2.52. The number of ether oxygens (including phenoxy) is 1. The molecular formula is C19H15BrClF3N2O2. The quantitative estimate of drug-likeness (QED) is 0.584. The van der Waals surface area contributed by atoms with Crippen LogP contribution in [0.25, 0.3) is 0 Å². The van der Waals surface area contributed by atoms with Crippen molar-refractivity contribution in [3.8, 4) is 11.5 Å². The van der Waals surface area contributed by atoms with Gasteiger partial charge in [-0.2, -0.15) is 13.2 Å². The molecule has 2 heterocycles. The lowest BCUT2D eigenvalue weighted by molar-refractivity contribution is -0.174. The zero-order valence-corrected chi connectivity index (χ0v) is 16.7. The third kappa shape index (κ3) is 3.55. The molecule has 1 amide bonds. The van der Waals surface area contributed by atoms with Crippen molar-refractivity contribution in [3.63, 3.8) is 0 Å². The Labute approximate surface area is 172 Å². The summed E-state index contributed by atoms with van der Waals surface area (Å²) in [5.74, 6) is -0.845. The number of halogens is 5. The van der Waals surface area contributed by atoms with E-state index in [9.17, 15) is 18.0 Å². The zero-order chi connectivity index (χ0) is 20.1. The van der Waals surface area contributed by atoms with E-state index in [-0.39, 0.29) is 0 Å². The van der Waals surface area contributed by atoms with Crippen LogP contribution in [0.1, 0.15) is 24.4 Å². The summed E-state index contributed by atoms with van der Waals surface area (Å²) in [4.78, 5) is 13.6. The largest absolute Gasteiger partial charge is 0.471 e. The van der Waals surface area contributed by atoms with Crippen LogP contribution in [0.5, 0.6) is 11.5 Å². The van der Waals surface area contributed by atoms with Gasteiger partial charge in [-0.25, -0.2) is 0 Å². The van der Waals surface area contributed by atoms with E-state index in [1.165, 1.54) is 0 Å². The van der Waals surface area contributed by atoms with Crippen LogP contribution in [-0.4, -0.2) is 24.7 Å². The molecule has 0 aromatic heterocycles. The molecule has 1 fully saturated rings. The highest BCUT2D eigenvalue weighted by atomic mass is 79.9. The van der Waals surface area contributed by atoms with Gasteiger partial charge in [0.1, 0.15) is 5.75 Å². The van der Waals surface area contributed by atoms with Gasteiger partial charge >= 0.3 is 12.1 Å². The number of rotatable bonds is 1. The molecule has 0 unspecified atom stereocenters. The van der Waals surface area contributed by atoms with E-state index in [0.717, 1.165) is 4.47 Å². The van der Waals surface area contributed by atoms with Gasteiger partial charge in [0, 0.05) is 21.6 Å². The predicted octanol–water partition coefficient (Wildman–Crippen LogP) is 5.60. The van der Waals surface area contributed by atoms with E-state index in [0.29, 0.717) is 47.2 Å². The molecule has 1 saturated heterocycles. The minimum atomic E-state index is -4.94. The fraction of sp³-hybridized carbons (Fsp3) is 0.316. The van der Waals surface area contributed by atoms with Crippen molar-refractivity contribution in [2.45, 2.75) is 31.1 Å². The first-order valence-electron chi connectivity index (χ1n) is 8.65. The Balaban J connectivity index is 1.83. The van der Waals surface area contributed by atoms with Crippen molar-refractivity contribution in [3.05, 3.63) is 51.5 Å². The van der Waals surface area contributed by atoms with Crippen LogP contribution >= 0.6 is 27.5 Å². The predicted molar refractivity (Wildman–Crippen MR) is 103 cm³/mol. The fourth-order valence-electron chi connectivity index (χ4n) is 3.81. The van der Waals surface area contributed by atoms with Gasteiger partial charge in [-0.1, -0.05) is 33.6 Å². The van der Waals surface area contributed by atoms with Crippen LogP contribution in [-0.2, 0) is 4.79 Å². The van der Waals surface area contributed by atoms with E-state index < -0.39 is 24.2 Å². The standard InChI is InChI=1S/C19H15BrClF3N2O2/c20-10-3-5-12-16(8-10)28-15-6-4-11(21)9-14(15)26-7-1-2-13(17(12)26)25-18(27)19(22,23)24/h3-6,8-9,13,17H,1-2,7H2,(H,25,27)/t13-,17+/m0/s1. The van der Waals surface area contributed by atoms with Gasteiger partial charge in [-0.05, 0) is 43.2 Å². The van der Waals surface area contributed by atoms with Gasteiger partial charge in [-0.3, -0.25) is 4.79 Å². The SMILES string of the molecule is O=C(N[C@H]1CCCN2c3cc(Cl)ccc3Oc3cc(Br)ccc3[C@H]12)C(F)(F)F. The molecule has 0 spiro atoms. The number of fused-ring (bicyclic) bond motifs is 5. The van der Waals surface area contributed by atoms with Crippen molar-refractivity contribution >= 4 is 39.1 Å². The number of alkyl halides is 3. The molecule has 4 rings (SSSR count).